The highest BCUT2D eigenvalue weighted by Gasteiger charge is 2.19. The molecule has 0 saturated heterocycles. The summed E-state index contributed by atoms with van der Waals surface area (Å²) in [7, 11) is 0. The van der Waals surface area contributed by atoms with Crippen molar-refractivity contribution in [3.05, 3.63) is 72.9 Å². The van der Waals surface area contributed by atoms with Crippen molar-refractivity contribution in [1.82, 2.24) is 0 Å². The topological polar surface area (TPSA) is 78.9 Å². The SMILES string of the molecule is CC/C=C\C/C=C\C/C=C\CCCCCCC(=O)OCC(COC(=O)CCCC/C=C\C/C=C\CC)OC(=O)CCCCCC/C=C\CCCC. The highest BCUT2D eigenvalue weighted by Crippen LogP contribution is 2.11. The maximum Gasteiger partial charge on any atom is 0.306 e. The van der Waals surface area contributed by atoms with Crippen molar-refractivity contribution < 1.29 is 28.6 Å². The molecule has 0 aliphatic carbocycles. The molecule has 290 valence electrons. The summed E-state index contributed by atoms with van der Waals surface area (Å²) >= 11 is 0. The molecular formula is C45H74O6. The summed E-state index contributed by atoms with van der Waals surface area (Å²) in [5.41, 5.74) is 0. The van der Waals surface area contributed by atoms with E-state index in [4.69, 9.17) is 14.2 Å². The molecule has 1 unspecified atom stereocenters. The summed E-state index contributed by atoms with van der Waals surface area (Å²) in [6, 6.07) is 0. The van der Waals surface area contributed by atoms with Gasteiger partial charge in [0.2, 0.25) is 0 Å². The van der Waals surface area contributed by atoms with Crippen LogP contribution in [0.1, 0.15) is 175 Å². The molecule has 0 aromatic rings. The number of hydrogen-bond donors (Lipinski definition) is 0. The van der Waals surface area contributed by atoms with E-state index in [9.17, 15) is 14.4 Å². The van der Waals surface area contributed by atoms with Crippen LogP contribution < -0.4 is 0 Å². The van der Waals surface area contributed by atoms with Crippen molar-refractivity contribution in [2.24, 2.45) is 0 Å². The predicted octanol–water partition coefficient (Wildman–Crippen LogP) is 12.7. The largest absolute Gasteiger partial charge is 0.462 e. The fourth-order valence-electron chi connectivity index (χ4n) is 5.12. The van der Waals surface area contributed by atoms with E-state index in [1.807, 2.05) is 0 Å². The average Bonchev–Trinajstić information content (AvgIpc) is 3.12. The summed E-state index contributed by atoms with van der Waals surface area (Å²) < 4.78 is 16.5. The average molecular weight is 711 g/mol. The van der Waals surface area contributed by atoms with Crippen LogP contribution in [-0.4, -0.2) is 37.2 Å². The standard InChI is InChI=1S/C45H74O6/c1-4-7-10-13-16-19-21-22-23-24-27-29-32-35-38-44(47)50-41-42(40-49-43(46)37-34-31-28-25-18-15-12-9-6-3)51-45(48)39-36-33-30-26-20-17-14-11-8-5-2/h7,9-10,12,14,16-19,22-23,25,42H,4-6,8,11,13,15,20-21,24,26-41H2,1-3H3/b10-7-,12-9-,17-14-,19-16-,23-22-,25-18-. The molecule has 0 saturated carbocycles. The summed E-state index contributed by atoms with van der Waals surface area (Å²) in [6.07, 6.45) is 47.6. The Morgan fingerprint density at radius 1 is 0.412 bits per heavy atom. The Bertz CT molecular complexity index is 1000. The van der Waals surface area contributed by atoms with Crippen LogP contribution >= 0.6 is 0 Å². The van der Waals surface area contributed by atoms with Crippen molar-refractivity contribution in [1.29, 1.82) is 0 Å². The zero-order chi connectivity index (χ0) is 37.3. The first-order valence-corrected chi connectivity index (χ1v) is 20.4. The molecule has 0 bridgehead atoms. The van der Waals surface area contributed by atoms with E-state index in [1.165, 1.54) is 12.8 Å². The third-order valence-corrected chi connectivity index (χ3v) is 8.18. The first-order chi connectivity index (χ1) is 25.0. The minimum atomic E-state index is -0.799. The molecule has 6 heteroatoms. The van der Waals surface area contributed by atoms with Gasteiger partial charge in [-0.1, -0.05) is 132 Å². The van der Waals surface area contributed by atoms with E-state index < -0.39 is 6.10 Å². The molecule has 0 aliphatic rings. The Kier molecular flexibility index (Phi) is 37.2. The van der Waals surface area contributed by atoms with Crippen molar-refractivity contribution >= 4 is 17.9 Å². The van der Waals surface area contributed by atoms with E-state index >= 15 is 0 Å². The lowest BCUT2D eigenvalue weighted by molar-refractivity contribution is -0.167. The summed E-state index contributed by atoms with van der Waals surface area (Å²) in [6.45, 7) is 6.25. The van der Waals surface area contributed by atoms with E-state index in [-0.39, 0.29) is 31.1 Å². The van der Waals surface area contributed by atoms with Crippen LogP contribution in [0.4, 0.5) is 0 Å². The fourth-order valence-corrected chi connectivity index (χ4v) is 5.12. The van der Waals surface area contributed by atoms with Crippen LogP contribution in [-0.2, 0) is 28.6 Å². The van der Waals surface area contributed by atoms with Gasteiger partial charge in [0, 0.05) is 19.3 Å². The van der Waals surface area contributed by atoms with Gasteiger partial charge in [-0.05, 0) is 96.3 Å². The van der Waals surface area contributed by atoms with Crippen molar-refractivity contribution in [2.45, 2.75) is 181 Å². The van der Waals surface area contributed by atoms with Crippen LogP contribution in [0.25, 0.3) is 0 Å². The number of carbonyl (C=O) groups is 3. The van der Waals surface area contributed by atoms with Crippen LogP contribution in [0.2, 0.25) is 0 Å². The Morgan fingerprint density at radius 2 is 0.765 bits per heavy atom. The second kappa shape index (κ2) is 39.6. The maximum atomic E-state index is 12.6. The Labute approximate surface area is 312 Å². The third kappa shape index (κ3) is 37.9. The molecule has 51 heavy (non-hydrogen) atoms. The highest BCUT2D eigenvalue weighted by molar-refractivity contribution is 5.71. The third-order valence-electron chi connectivity index (χ3n) is 8.18. The number of allylic oxidation sites excluding steroid dienone is 12. The van der Waals surface area contributed by atoms with Crippen molar-refractivity contribution in [3.63, 3.8) is 0 Å². The molecule has 0 spiro atoms. The summed E-state index contributed by atoms with van der Waals surface area (Å²) in [5, 5.41) is 0. The summed E-state index contributed by atoms with van der Waals surface area (Å²) in [5.74, 6) is -0.988. The molecule has 0 amide bonds. The van der Waals surface area contributed by atoms with Gasteiger partial charge in [0.15, 0.2) is 6.10 Å². The van der Waals surface area contributed by atoms with E-state index in [0.717, 1.165) is 122 Å². The molecule has 0 heterocycles. The number of unbranched alkanes of at least 4 members (excludes halogenated alkanes) is 12. The maximum absolute atomic E-state index is 12.6. The lowest BCUT2D eigenvalue weighted by Crippen LogP contribution is -2.30. The zero-order valence-electron chi connectivity index (χ0n) is 32.8. The number of hydrogen-bond acceptors (Lipinski definition) is 6. The molecule has 0 radical (unpaired) electrons. The quantitative estimate of drug-likeness (QED) is 0.0282. The minimum absolute atomic E-state index is 0.104. The van der Waals surface area contributed by atoms with Gasteiger partial charge in [-0.3, -0.25) is 14.4 Å². The van der Waals surface area contributed by atoms with E-state index in [2.05, 4.69) is 93.7 Å². The lowest BCUT2D eigenvalue weighted by atomic mass is 10.1. The Morgan fingerprint density at radius 3 is 1.24 bits per heavy atom. The van der Waals surface area contributed by atoms with Gasteiger partial charge in [-0.15, -0.1) is 0 Å². The first kappa shape index (κ1) is 47.8. The zero-order valence-corrected chi connectivity index (χ0v) is 32.8. The predicted molar refractivity (Wildman–Crippen MR) is 214 cm³/mol. The molecule has 1 atom stereocenters. The van der Waals surface area contributed by atoms with Gasteiger partial charge < -0.3 is 14.2 Å². The minimum Gasteiger partial charge on any atom is -0.462 e. The molecule has 0 N–H and O–H groups in total. The molecule has 0 fully saturated rings. The van der Waals surface area contributed by atoms with Crippen LogP contribution in [0, 0.1) is 0 Å². The molecule has 0 aliphatic heterocycles. The highest BCUT2D eigenvalue weighted by atomic mass is 16.6. The summed E-state index contributed by atoms with van der Waals surface area (Å²) in [4.78, 5) is 37.5. The van der Waals surface area contributed by atoms with Crippen molar-refractivity contribution in [3.8, 4) is 0 Å². The van der Waals surface area contributed by atoms with E-state index in [0.29, 0.717) is 19.3 Å². The van der Waals surface area contributed by atoms with Crippen LogP contribution in [0.3, 0.4) is 0 Å². The number of ether oxygens (including phenoxy) is 3. The van der Waals surface area contributed by atoms with Gasteiger partial charge in [0.05, 0.1) is 0 Å². The van der Waals surface area contributed by atoms with Crippen LogP contribution in [0.15, 0.2) is 72.9 Å². The van der Waals surface area contributed by atoms with Gasteiger partial charge in [-0.25, -0.2) is 0 Å². The van der Waals surface area contributed by atoms with E-state index in [1.54, 1.807) is 0 Å². The molecule has 0 aromatic heterocycles. The molecule has 0 rings (SSSR count). The van der Waals surface area contributed by atoms with Gasteiger partial charge in [0.1, 0.15) is 13.2 Å². The van der Waals surface area contributed by atoms with Gasteiger partial charge >= 0.3 is 17.9 Å². The van der Waals surface area contributed by atoms with Crippen molar-refractivity contribution in [2.75, 3.05) is 13.2 Å². The number of rotatable bonds is 35. The molecule has 0 aromatic carbocycles. The number of carbonyl (C=O) groups excluding carboxylic acids is 3. The Balaban J connectivity index is 4.46. The molecule has 6 nitrogen and oxygen atoms in total. The molecular weight excluding hydrogens is 636 g/mol. The fraction of sp³-hybridized carbons (Fsp3) is 0.667. The lowest BCUT2D eigenvalue weighted by Gasteiger charge is -2.18. The van der Waals surface area contributed by atoms with Crippen LogP contribution in [0.5, 0.6) is 0 Å². The number of esters is 3. The Hall–Kier alpha value is -3.15. The normalized spacial score (nSPS) is 12.8. The second-order valence-corrected chi connectivity index (χ2v) is 13.1. The van der Waals surface area contributed by atoms with Gasteiger partial charge in [-0.2, -0.15) is 0 Å². The monoisotopic (exact) mass is 711 g/mol. The van der Waals surface area contributed by atoms with Gasteiger partial charge in [0.25, 0.3) is 0 Å². The smallest absolute Gasteiger partial charge is 0.306 e. The second-order valence-electron chi connectivity index (χ2n) is 13.1. The first-order valence-electron chi connectivity index (χ1n) is 20.4.